The summed E-state index contributed by atoms with van der Waals surface area (Å²) in [6.07, 6.45) is 1.03. The van der Waals surface area contributed by atoms with Crippen molar-refractivity contribution in [1.29, 1.82) is 0 Å². The summed E-state index contributed by atoms with van der Waals surface area (Å²) in [7, 11) is -3.35. The number of carbonyl (C=O) groups excluding carboxylic acids is 2. The standard InChI is InChI=1S/C12H16N2O5S/c1-3-19-11(15)8-13-12(16)9-4-6-10(7-5-9)14-20(2,17)18/h4-7,14H,3,8H2,1-2H3,(H,13,16). The molecule has 0 fully saturated rings. The third kappa shape index (κ3) is 5.70. The molecule has 0 aliphatic carbocycles. The summed E-state index contributed by atoms with van der Waals surface area (Å²) in [4.78, 5) is 22.8. The number of hydrogen-bond acceptors (Lipinski definition) is 5. The average molecular weight is 300 g/mol. The number of anilines is 1. The predicted octanol–water partition coefficient (Wildman–Crippen LogP) is 0.351. The van der Waals surface area contributed by atoms with Crippen molar-refractivity contribution in [3.63, 3.8) is 0 Å². The van der Waals surface area contributed by atoms with Crippen LogP contribution >= 0.6 is 0 Å². The maximum Gasteiger partial charge on any atom is 0.325 e. The number of benzene rings is 1. The lowest BCUT2D eigenvalue weighted by Gasteiger charge is -2.06. The van der Waals surface area contributed by atoms with Crippen LogP contribution in [0, 0.1) is 0 Å². The molecule has 1 rings (SSSR count). The Bertz CT molecular complexity index is 580. The molecule has 20 heavy (non-hydrogen) atoms. The molecule has 1 aromatic rings. The van der Waals surface area contributed by atoms with Gasteiger partial charge in [-0.05, 0) is 31.2 Å². The molecule has 0 aliphatic heterocycles. The molecule has 2 N–H and O–H groups in total. The van der Waals surface area contributed by atoms with Crippen molar-refractivity contribution in [2.45, 2.75) is 6.92 Å². The van der Waals surface area contributed by atoms with Crippen LogP contribution in [0.2, 0.25) is 0 Å². The maximum absolute atomic E-state index is 11.7. The lowest BCUT2D eigenvalue weighted by molar-refractivity contribution is -0.141. The number of carbonyl (C=O) groups is 2. The summed E-state index contributed by atoms with van der Waals surface area (Å²) in [5.74, 6) is -0.958. The van der Waals surface area contributed by atoms with Gasteiger partial charge in [-0.3, -0.25) is 14.3 Å². The third-order valence-electron chi connectivity index (χ3n) is 2.15. The largest absolute Gasteiger partial charge is 0.465 e. The summed E-state index contributed by atoms with van der Waals surface area (Å²) >= 11 is 0. The van der Waals surface area contributed by atoms with Crippen LogP contribution in [0.25, 0.3) is 0 Å². The molecule has 1 amide bonds. The van der Waals surface area contributed by atoms with E-state index in [-0.39, 0.29) is 13.2 Å². The van der Waals surface area contributed by atoms with Gasteiger partial charge in [-0.25, -0.2) is 8.42 Å². The highest BCUT2D eigenvalue weighted by Crippen LogP contribution is 2.10. The maximum atomic E-state index is 11.7. The van der Waals surface area contributed by atoms with Gasteiger partial charge in [0.25, 0.3) is 5.91 Å². The molecule has 0 atom stereocenters. The fourth-order valence-electron chi connectivity index (χ4n) is 1.37. The molecule has 0 saturated heterocycles. The molecule has 0 saturated carbocycles. The molecule has 0 aromatic heterocycles. The summed E-state index contributed by atoms with van der Waals surface area (Å²) in [6, 6.07) is 5.82. The molecule has 8 heteroatoms. The molecule has 1 aromatic carbocycles. The van der Waals surface area contributed by atoms with E-state index in [1.54, 1.807) is 6.92 Å². The number of ether oxygens (including phenoxy) is 1. The quantitative estimate of drug-likeness (QED) is 0.738. The van der Waals surface area contributed by atoms with Gasteiger partial charge < -0.3 is 10.1 Å². The first-order valence-electron chi connectivity index (χ1n) is 5.83. The highest BCUT2D eigenvalue weighted by atomic mass is 32.2. The number of sulfonamides is 1. The van der Waals surface area contributed by atoms with Crippen LogP contribution in [-0.4, -0.2) is 39.7 Å². The number of amides is 1. The lowest BCUT2D eigenvalue weighted by atomic mass is 10.2. The molecule has 0 radical (unpaired) electrons. The Morgan fingerprint density at radius 3 is 2.30 bits per heavy atom. The molecule has 0 aliphatic rings. The smallest absolute Gasteiger partial charge is 0.325 e. The van der Waals surface area contributed by atoms with Crippen LogP contribution in [0.1, 0.15) is 17.3 Å². The fourth-order valence-corrected chi connectivity index (χ4v) is 1.93. The van der Waals surface area contributed by atoms with Crippen molar-refractivity contribution in [3.8, 4) is 0 Å². The Hall–Kier alpha value is -2.09. The molecular formula is C12H16N2O5S. The van der Waals surface area contributed by atoms with Crippen molar-refractivity contribution in [3.05, 3.63) is 29.8 Å². The minimum Gasteiger partial charge on any atom is -0.465 e. The number of hydrogen-bond donors (Lipinski definition) is 2. The Balaban J connectivity index is 2.60. The van der Waals surface area contributed by atoms with Gasteiger partial charge in [-0.15, -0.1) is 0 Å². The van der Waals surface area contributed by atoms with Crippen molar-refractivity contribution in [1.82, 2.24) is 5.32 Å². The molecule has 0 heterocycles. The van der Waals surface area contributed by atoms with Crippen LogP contribution in [0.15, 0.2) is 24.3 Å². The highest BCUT2D eigenvalue weighted by Gasteiger charge is 2.09. The first-order valence-corrected chi connectivity index (χ1v) is 7.72. The minimum absolute atomic E-state index is 0.212. The van der Waals surface area contributed by atoms with Gasteiger partial charge >= 0.3 is 5.97 Å². The van der Waals surface area contributed by atoms with Crippen LogP contribution in [0.5, 0.6) is 0 Å². The second kappa shape index (κ2) is 6.90. The number of esters is 1. The topological polar surface area (TPSA) is 102 Å². The van der Waals surface area contributed by atoms with Crippen molar-refractivity contribution in [2.75, 3.05) is 24.1 Å². The zero-order valence-corrected chi connectivity index (χ0v) is 12.0. The molecule has 7 nitrogen and oxygen atoms in total. The number of rotatable bonds is 6. The second-order valence-corrected chi connectivity index (χ2v) is 5.69. The monoisotopic (exact) mass is 300 g/mol. The van der Waals surface area contributed by atoms with Gasteiger partial charge in [0.1, 0.15) is 6.54 Å². The summed E-state index contributed by atoms with van der Waals surface area (Å²) < 4.78 is 29.0. The van der Waals surface area contributed by atoms with Gasteiger partial charge in [-0.2, -0.15) is 0 Å². The van der Waals surface area contributed by atoms with E-state index in [1.807, 2.05) is 0 Å². The van der Waals surface area contributed by atoms with E-state index in [0.29, 0.717) is 11.3 Å². The van der Waals surface area contributed by atoms with Crippen molar-refractivity contribution in [2.24, 2.45) is 0 Å². The molecule has 110 valence electrons. The minimum atomic E-state index is -3.35. The van der Waals surface area contributed by atoms with Gasteiger partial charge in [0, 0.05) is 11.3 Å². The lowest BCUT2D eigenvalue weighted by Crippen LogP contribution is -2.30. The van der Waals surface area contributed by atoms with E-state index >= 15 is 0 Å². The summed E-state index contributed by atoms with van der Waals surface area (Å²) in [6.45, 7) is 1.71. The molecule has 0 bridgehead atoms. The van der Waals surface area contributed by atoms with Gasteiger partial charge in [0.2, 0.25) is 10.0 Å². The van der Waals surface area contributed by atoms with E-state index in [4.69, 9.17) is 0 Å². The van der Waals surface area contributed by atoms with Gasteiger partial charge in [0.15, 0.2) is 0 Å². The van der Waals surface area contributed by atoms with Crippen molar-refractivity contribution < 1.29 is 22.7 Å². The average Bonchev–Trinajstić information content (AvgIpc) is 2.35. The highest BCUT2D eigenvalue weighted by molar-refractivity contribution is 7.92. The van der Waals surface area contributed by atoms with Crippen LogP contribution in [-0.2, 0) is 19.6 Å². The van der Waals surface area contributed by atoms with Crippen LogP contribution in [0.3, 0.4) is 0 Å². The van der Waals surface area contributed by atoms with Crippen LogP contribution < -0.4 is 10.0 Å². The Morgan fingerprint density at radius 1 is 1.20 bits per heavy atom. The van der Waals surface area contributed by atoms with Gasteiger partial charge in [-0.1, -0.05) is 0 Å². The normalized spacial score (nSPS) is 10.7. The van der Waals surface area contributed by atoms with E-state index < -0.39 is 21.9 Å². The first kappa shape index (κ1) is 16.0. The SMILES string of the molecule is CCOC(=O)CNC(=O)c1ccc(NS(C)(=O)=O)cc1. The zero-order chi connectivity index (χ0) is 15.2. The van der Waals surface area contributed by atoms with Crippen molar-refractivity contribution >= 4 is 27.6 Å². The first-order chi connectivity index (χ1) is 9.31. The summed E-state index contributed by atoms with van der Waals surface area (Å²) in [5, 5.41) is 2.40. The van der Waals surface area contributed by atoms with E-state index in [0.717, 1.165) is 6.26 Å². The number of nitrogens with one attached hydrogen (secondary N) is 2. The molecule has 0 unspecified atom stereocenters. The van der Waals surface area contributed by atoms with E-state index in [1.165, 1.54) is 24.3 Å². The molecular weight excluding hydrogens is 284 g/mol. The van der Waals surface area contributed by atoms with E-state index in [2.05, 4.69) is 14.8 Å². The Labute approximate surface area is 117 Å². The third-order valence-corrected chi connectivity index (χ3v) is 2.76. The van der Waals surface area contributed by atoms with Gasteiger partial charge in [0.05, 0.1) is 12.9 Å². The Kier molecular flexibility index (Phi) is 5.51. The second-order valence-electron chi connectivity index (χ2n) is 3.94. The predicted molar refractivity (Wildman–Crippen MR) is 73.9 cm³/mol. The fraction of sp³-hybridized carbons (Fsp3) is 0.333. The summed E-state index contributed by atoms with van der Waals surface area (Å²) in [5.41, 5.74) is 0.669. The zero-order valence-electron chi connectivity index (χ0n) is 11.2. The van der Waals surface area contributed by atoms with Crippen LogP contribution in [0.4, 0.5) is 5.69 Å². The Morgan fingerprint density at radius 2 is 1.80 bits per heavy atom. The van der Waals surface area contributed by atoms with E-state index in [9.17, 15) is 18.0 Å². The molecule has 0 spiro atoms.